The molecule has 1 aliphatic carbocycles. The van der Waals surface area contributed by atoms with Crippen LogP contribution in [0.4, 0.5) is 0 Å². The molecule has 1 aromatic carbocycles. The second kappa shape index (κ2) is 8.07. The Morgan fingerprint density at radius 3 is 2.66 bits per heavy atom. The number of pyridine rings is 1. The number of hydrogen-bond acceptors (Lipinski definition) is 4. The van der Waals surface area contributed by atoms with Crippen LogP contribution in [0.5, 0.6) is 0 Å². The number of hydrogen-bond donors (Lipinski definition) is 1. The average Bonchev–Trinajstić information content (AvgIpc) is 3.35. The average molecular weight is 406 g/mol. The molecule has 0 unspecified atom stereocenters. The second-order valence-corrected chi connectivity index (χ2v) is 8.99. The van der Waals surface area contributed by atoms with Crippen molar-refractivity contribution in [2.75, 3.05) is 0 Å². The van der Waals surface area contributed by atoms with E-state index < -0.39 is 0 Å². The van der Waals surface area contributed by atoms with Crippen LogP contribution in [0.1, 0.15) is 55.8 Å². The summed E-state index contributed by atoms with van der Waals surface area (Å²) >= 11 is 1.75. The predicted molar refractivity (Wildman–Crippen MR) is 119 cm³/mol. The molecule has 3 aromatic rings. The van der Waals surface area contributed by atoms with Crippen molar-refractivity contribution in [3.05, 3.63) is 58.9 Å². The van der Waals surface area contributed by atoms with Gasteiger partial charge in [-0.05, 0) is 49.9 Å². The summed E-state index contributed by atoms with van der Waals surface area (Å²) in [5.41, 5.74) is 5.15. The Labute approximate surface area is 176 Å². The molecule has 2 aromatic heterocycles. The van der Waals surface area contributed by atoms with Crippen molar-refractivity contribution < 1.29 is 4.79 Å². The lowest BCUT2D eigenvalue weighted by molar-refractivity contribution is -0.121. The molecule has 4 rings (SSSR count). The number of carbonyl (C=O) groups excluding carboxylic acids is 1. The van der Waals surface area contributed by atoms with E-state index in [2.05, 4.69) is 60.5 Å². The fourth-order valence-electron chi connectivity index (χ4n) is 4.29. The molecule has 1 fully saturated rings. The Morgan fingerprint density at radius 1 is 1.17 bits per heavy atom. The molecule has 0 bridgehead atoms. The minimum Gasteiger partial charge on any atom is -0.345 e. The minimum atomic E-state index is -0.344. The Kier molecular flexibility index (Phi) is 5.50. The molecule has 0 spiro atoms. The molecule has 2 heterocycles. The van der Waals surface area contributed by atoms with Crippen molar-refractivity contribution in [2.45, 2.75) is 58.4 Å². The first-order chi connectivity index (χ1) is 14.0. The first-order valence-electron chi connectivity index (χ1n) is 10.3. The van der Waals surface area contributed by atoms with Gasteiger partial charge in [-0.3, -0.25) is 9.78 Å². The van der Waals surface area contributed by atoms with Gasteiger partial charge in [-0.15, -0.1) is 11.3 Å². The smallest absolute Gasteiger partial charge is 0.217 e. The van der Waals surface area contributed by atoms with E-state index >= 15 is 0 Å². The van der Waals surface area contributed by atoms with Gasteiger partial charge in [0, 0.05) is 18.7 Å². The Hall–Kier alpha value is -2.53. The van der Waals surface area contributed by atoms with E-state index in [1.165, 1.54) is 10.4 Å². The Morgan fingerprint density at radius 2 is 1.97 bits per heavy atom. The Bertz CT molecular complexity index is 1030. The van der Waals surface area contributed by atoms with Gasteiger partial charge in [0.1, 0.15) is 0 Å². The van der Waals surface area contributed by atoms with Gasteiger partial charge in [0.05, 0.1) is 26.8 Å². The molecule has 1 aliphatic rings. The number of nitrogens with one attached hydrogen (secondary N) is 1. The number of aromatic nitrogens is 2. The van der Waals surface area contributed by atoms with Crippen LogP contribution in [0.15, 0.2) is 42.6 Å². The molecule has 5 heteroatoms. The maximum atomic E-state index is 11.9. The SMILES string of the molecule is CCc1nc(-c2cccc(C)c2)c(-c2ccnc(C3(NC(C)=O)CCCC3)c2)s1. The molecule has 0 radical (unpaired) electrons. The number of benzene rings is 1. The minimum absolute atomic E-state index is 0.00520. The van der Waals surface area contributed by atoms with Crippen molar-refractivity contribution in [3.8, 4) is 21.7 Å². The summed E-state index contributed by atoms with van der Waals surface area (Å²) in [5.74, 6) is 0.00520. The van der Waals surface area contributed by atoms with Gasteiger partial charge in [0.2, 0.25) is 5.91 Å². The number of thiazole rings is 1. The van der Waals surface area contributed by atoms with Crippen LogP contribution in [0.25, 0.3) is 21.7 Å². The highest BCUT2D eigenvalue weighted by Crippen LogP contribution is 2.41. The second-order valence-electron chi connectivity index (χ2n) is 7.91. The van der Waals surface area contributed by atoms with Crippen molar-refractivity contribution in [2.24, 2.45) is 0 Å². The van der Waals surface area contributed by atoms with Crippen LogP contribution >= 0.6 is 11.3 Å². The summed E-state index contributed by atoms with van der Waals surface area (Å²) in [6.07, 6.45) is 6.89. The zero-order valence-corrected chi connectivity index (χ0v) is 18.1. The van der Waals surface area contributed by atoms with Crippen LogP contribution in [0.2, 0.25) is 0 Å². The standard InChI is InChI=1S/C24H27N3OS/c1-4-21-26-22(18-9-7-8-16(2)14-18)23(29-21)19-10-13-25-20(15-19)24(27-17(3)28)11-5-6-12-24/h7-10,13-15H,4-6,11-12H2,1-3H3,(H,27,28). The molecule has 0 aliphatic heterocycles. The van der Waals surface area contributed by atoms with Gasteiger partial charge in [-0.1, -0.05) is 43.5 Å². The molecular formula is C24H27N3OS. The highest BCUT2D eigenvalue weighted by Gasteiger charge is 2.38. The molecule has 0 saturated heterocycles. The van der Waals surface area contributed by atoms with E-state index in [0.717, 1.165) is 59.6 Å². The third-order valence-corrected chi connectivity index (χ3v) is 6.90. The van der Waals surface area contributed by atoms with Gasteiger partial charge in [-0.2, -0.15) is 0 Å². The van der Waals surface area contributed by atoms with Crippen LogP contribution in [0, 0.1) is 6.92 Å². The monoisotopic (exact) mass is 405 g/mol. The van der Waals surface area contributed by atoms with E-state index in [-0.39, 0.29) is 11.4 Å². The van der Waals surface area contributed by atoms with Crippen LogP contribution in [-0.4, -0.2) is 15.9 Å². The van der Waals surface area contributed by atoms with Crippen LogP contribution in [0.3, 0.4) is 0 Å². The van der Waals surface area contributed by atoms with Crippen molar-refractivity contribution >= 4 is 17.2 Å². The third kappa shape index (κ3) is 3.97. The normalized spacial score (nSPS) is 15.4. The lowest BCUT2D eigenvalue weighted by atomic mass is 9.91. The van der Waals surface area contributed by atoms with Gasteiger partial charge >= 0.3 is 0 Å². The summed E-state index contributed by atoms with van der Waals surface area (Å²) in [7, 11) is 0. The molecule has 1 N–H and O–H groups in total. The summed E-state index contributed by atoms with van der Waals surface area (Å²) in [5, 5.41) is 4.34. The zero-order valence-electron chi connectivity index (χ0n) is 17.3. The first kappa shape index (κ1) is 19.8. The lowest BCUT2D eigenvalue weighted by Gasteiger charge is -2.29. The largest absolute Gasteiger partial charge is 0.345 e. The summed E-state index contributed by atoms with van der Waals surface area (Å²) in [6, 6.07) is 12.7. The van der Waals surface area contributed by atoms with E-state index in [1.54, 1.807) is 18.3 Å². The summed E-state index contributed by atoms with van der Waals surface area (Å²) in [6.45, 7) is 5.85. The molecule has 0 atom stereocenters. The van der Waals surface area contributed by atoms with E-state index in [0.29, 0.717) is 0 Å². The number of nitrogens with zero attached hydrogens (tertiary/aromatic N) is 2. The molecule has 4 nitrogen and oxygen atoms in total. The predicted octanol–water partition coefficient (Wildman–Crippen LogP) is 5.65. The lowest BCUT2D eigenvalue weighted by Crippen LogP contribution is -2.43. The number of amides is 1. The van der Waals surface area contributed by atoms with E-state index in [4.69, 9.17) is 4.98 Å². The zero-order chi connectivity index (χ0) is 20.4. The van der Waals surface area contributed by atoms with Crippen molar-refractivity contribution in [3.63, 3.8) is 0 Å². The molecule has 29 heavy (non-hydrogen) atoms. The summed E-state index contributed by atoms with van der Waals surface area (Å²) in [4.78, 5) is 22.7. The molecular weight excluding hydrogens is 378 g/mol. The Balaban J connectivity index is 1.81. The number of carbonyl (C=O) groups is 1. The van der Waals surface area contributed by atoms with Crippen LogP contribution in [-0.2, 0) is 16.8 Å². The third-order valence-electron chi connectivity index (χ3n) is 5.65. The van der Waals surface area contributed by atoms with Gasteiger partial charge < -0.3 is 5.32 Å². The maximum Gasteiger partial charge on any atom is 0.217 e. The van der Waals surface area contributed by atoms with Gasteiger partial charge in [-0.25, -0.2) is 4.98 Å². The van der Waals surface area contributed by atoms with Crippen molar-refractivity contribution in [1.82, 2.24) is 15.3 Å². The maximum absolute atomic E-state index is 11.9. The topological polar surface area (TPSA) is 54.9 Å². The fourth-order valence-corrected chi connectivity index (χ4v) is 5.32. The number of rotatable bonds is 5. The van der Waals surface area contributed by atoms with Gasteiger partial charge in [0.25, 0.3) is 0 Å². The molecule has 1 amide bonds. The van der Waals surface area contributed by atoms with E-state index in [1.807, 2.05) is 6.20 Å². The quantitative estimate of drug-likeness (QED) is 0.597. The molecule has 150 valence electrons. The van der Waals surface area contributed by atoms with Gasteiger partial charge in [0.15, 0.2) is 0 Å². The first-order valence-corrected chi connectivity index (χ1v) is 11.1. The highest BCUT2D eigenvalue weighted by molar-refractivity contribution is 7.15. The van der Waals surface area contributed by atoms with Crippen LogP contribution < -0.4 is 5.32 Å². The summed E-state index contributed by atoms with van der Waals surface area (Å²) < 4.78 is 0. The fraction of sp³-hybridized carbons (Fsp3) is 0.375. The van der Waals surface area contributed by atoms with E-state index in [9.17, 15) is 4.79 Å². The highest BCUT2D eigenvalue weighted by atomic mass is 32.1. The van der Waals surface area contributed by atoms with Crippen molar-refractivity contribution in [1.29, 1.82) is 0 Å². The number of aryl methyl sites for hydroxylation is 2. The molecule has 1 saturated carbocycles.